The summed E-state index contributed by atoms with van der Waals surface area (Å²) in [5, 5.41) is 3.48. The van der Waals surface area contributed by atoms with Crippen molar-refractivity contribution in [3.05, 3.63) is 46.0 Å². The predicted octanol–water partition coefficient (Wildman–Crippen LogP) is 3.22. The molecule has 3 rings (SSSR count). The van der Waals surface area contributed by atoms with Crippen LogP contribution in [0.2, 0.25) is 0 Å². The van der Waals surface area contributed by atoms with Crippen molar-refractivity contribution in [3.8, 4) is 0 Å². The van der Waals surface area contributed by atoms with Crippen LogP contribution in [-0.4, -0.2) is 29.6 Å². The Balaban J connectivity index is 0.00000225. The molecule has 1 saturated heterocycles. The van der Waals surface area contributed by atoms with Crippen LogP contribution < -0.4 is 11.1 Å². The van der Waals surface area contributed by atoms with Crippen LogP contribution in [0.15, 0.2) is 24.4 Å². The van der Waals surface area contributed by atoms with Gasteiger partial charge in [-0.25, -0.2) is 4.98 Å². The van der Waals surface area contributed by atoms with Crippen molar-refractivity contribution in [3.63, 3.8) is 0 Å². The number of hydrogen-bond donors (Lipinski definition) is 2. The third kappa shape index (κ3) is 5.01. The fourth-order valence-corrected chi connectivity index (χ4v) is 3.67. The van der Waals surface area contributed by atoms with E-state index >= 15 is 0 Å². The first-order valence-corrected chi connectivity index (χ1v) is 9.04. The smallest absolute Gasteiger partial charge is 0.255 e. The molecule has 0 saturated carbocycles. The number of amides is 1. The maximum atomic E-state index is 12.2. The molecule has 3 N–H and O–H groups in total. The molecule has 0 radical (unpaired) electrons. The Kier molecular flexibility index (Phi) is 6.95. The molecule has 1 fully saturated rings. The number of aromatic nitrogens is 1. The van der Waals surface area contributed by atoms with E-state index in [4.69, 9.17) is 10.5 Å². The number of nitrogens with zero attached hydrogens (tertiary/aromatic N) is 1. The SMILES string of the molecule is Cc1ccc(Cc2cnc(NC(=O)[C@@H]3CC[C@H](CN)O3)s2)cc1C.Cl. The van der Waals surface area contributed by atoms with Gasteiger partial charge in [-0.05, 0) is 43.4 Å². The summed E-state index contributed by atoms with van der Waals surface area (Å²) in [6.07, 6.45) is 3.79. The average molecular weight is 382 g/mol. The summed E-state index contributed by atoms with van der Waals surface area (Å²) in [6.45, 7) is 4.69. The molecule has 0 aliphatic carbocycles. The largest absolute Gasteiger partial charge is 0.364 e. The number of anilines is 1. The maximum Gasteiger partial charge on any atom is 0.255 e. The summed E-state index contributed by atoms with van der Waals surface area (Å²) in [5.41, 5.74) is 9.42. The van der Waals surface area contributed by atoms with Gasteiger partial charge in [-0.15, -0.1) is 23.7 Å². The lowest BCUT2D eigenvalue weighted by atomic mass is 10.0. The molecule has 1 aromatic heterocycles. The molecule has 2 atom stereocenters. The van der Waals surface area contributed by atoms with Crippen molar-refractivity contribution in [2.24, 2.45) is 5.73 Å². The lowest BCUT2D eigenvalue weighted by Crippen LogP contribution is -2.29. The van der Waals surface area contributed by atoms with Crippen molar-refractivity contribution in [1.82, 2.24) is 4.98 Å². The molecule has 1 amide bonds. The molecule has 0 bridgehead atoms. The van der Waals surface area contributed by atoms with Gasteiger partial charge >= 0.3 is 0 Å². The number of carbonyl (C=O) groups is 1. The minimum Gasteiger partial charge on any atom is -0.364 e. The highest BCUT2D eigenvalue weighted by atomic mass is 35.5. The Morgan fingerprint density at radius 3 is 2.84 bits per heavy atom. The summed E-state index contributed by atoms with van der Waals surface area (Å²) in [6, 6.07) is 6.48. The first-order chi connectivity index (χ1) is 11.5. The molecule has 5 nitrogen and oxygen atoms in total. The molecule has 0 unspecified atom stereocenters. The first-order valence-electron chi connectivity index (χ1n) is 8.22. The average Bonchev–Trinajstić information content (AvgIpc) is 3.20. The zero-order valence-corrected chi connectivity index (χ0v) is 16.1. The number of benzene rings is 1. The van der Waals surface area contributed by atoms with Gasteiger partial charge in [0.1, 0.15) is 6.10 Å². The molecule has 2 aromatic rings. The van der Waals surface area contributed by atoms with Crippen molar-refractivity contribution in [1.29, 1.82) is 0 Å². The van der Waals surface area contributed by atoms with Crippen molar-refractivity contribution >= 4 is 34.8 Å². The Bertz CT molecular complexity index is 735. The second-order valence-corrected chi connectivity index (χ2v) is 7.39. The predicted molar refractivity (Wildman–Crippen MR) is 104 cm³/mol. The van der Waals surface area contributed by atoms with E-state index in [1.165, 1.54) is 28.0 Å². The maximum absolute atomic E-state index is 12.2. The van der Waals surface area contributed by atoms with Crippen LogP contribution in [0, 0.1) is 13.8 Å². The van der Waals surface area contributed by atoms with Gasteiger partial charge in [-0.1, -0.05) is 18.2 Å². The first kappa shape index (κ1) is 19.8. The summed E-state index contributed by atoms with van der Waals surface area (Å²) < 4.78 is 5.61. The van der Waals surface area contributed by atoms with Crippen LogP contribution in [0.1, 0.15) is 34.4 Å². The molecule has 1 aliphatic heterocycles. The van der Waals surface area contributed by atoms with Gasteiger partial charge in [0.2, 0.25) is 0 Å². The molecular formula is C18H24ClN3O2S. The minimum absolute atomic E-state index is 0. The second-order valence-electron chi connectivity index (χ2n) is 6.28. The van der Waals surface area contributed by atoms with E-state index < -0.39 is 6.10 Å². The molecule has 1 aliphatic rings. The van der Waals surface area contributed by atoms with Gasteiger partial charge in [0.15, 0.2) is 5.13 Å². The van der Waals surface area contributed by atoms with Gasteiger partial charge in [-0.3, -0.25) is 10.1 Å². The van der Waals surface area contributed by atoms with E-state index in [-0.39, 0.29) is 24.4 Å². The summed E-state index contributed by atoms with van der Waals surface area (Å²) >= 11 is 1.51. The van der Waals surface area contributed by atoms with E-state index in [0.29, 0.717) is 18.1 Å². The van der Waals surface area contributed by atoms with Gasteiger partial charge in [-0.2, -0.15) is 0 Å². The number of aryl methyl sites for hydroxylation is 2. The number of ether oxygens (including phenoxy) is 1. The fraction of sp³-hybridized carbons (Fsp3) is 0.444. The number of rotatable bonds is 5. The topological polar surface area (TPSA) is 77.2 Å². The third-order valence-electron chi connectivity index (χ3n) is 4.40. The second kappa shape index (κ2) is 8.76. The molecule has 1 aromatic carbocycles. The lowest BCUT2D eigenvalue weighted by molar-refractivity contribution is -0.126. The van der Waals surface area contributed by atoms with Crippen LogP contribution in [0.4, 0.5) is 5.13 Å². The normalized spacial score (nSPS) is 19.5. The molecule has 136 valence electrons. The standard InChI is InChI=1S/C18H23N3O2S.ClH/c1-11-3-4-13(7-12(11)2)8-15-10-20-18(24-15)21-17(22)16-6-5-14(9-19)23-16;/h3-4,7,10,14,16H,5-6,8-9,19H2,1-2H3,(H,20,21,22);1H/t14-,16+;/m1./s1. The number of halogens is 1. The molecule has 25 heavy (non-hydrogen) atoms. The quantitative estimate of drug-likeness (QED) is 0.833. The Morgan fingerprint density at radius 2 is 2.16 bits per heavy atom. The van der Waals surface area contributed by atoms with E-state index in [0.717, 1.165) is 17.7 Å². The highest BCUT2D eigenvalue weighted by molar-refractivity contribution is 7.15. The summed E-state index contributed by atoms with van der Waals surface area (Å²) in [5.74, 6) is -0.127. The zero-order chi connectivity index (χ0) is 17.1. The number of nitrogens with one attached hydrogen (secondary N) is 1. The van der Waals surface area contributed by atoms with E-state index in [2.05, 4.69) is 42.3 Å². The molecular weight excluding hydrogens is 358 g/mol. The summed E-state index contributed by atoms with van der Waals surface area (Å²) in [4.78, 5) is 17.7. The number of nitrogens with two attached hydrogens (primary N) is 1. The van der Waals surface area contributed by atoms with E-state index in [1.807, 2.05) is 6.20 Å². The minimum atomic E-state index is -0.411. The van der Waals surface area contributed by atoms with Crippen LogP contribution in [-0.2, 0) is 16.0 Å². The van der Waals surface area contributed by atoms with Gasteiger partial charge < -0.3 is 10.5 Å². The van der Waals surface area contributed by atoms with E-state index in [9.17, 15) is 4.79 Å². The highest BCUT2D eigenvalue weighted by Gasteiger charge is 2.30. The highest BCUT2D eigenvalue weighted by Crippen LogP contribution is 2.24. The van der Waals surface area contributed by atoms with Crippen LogP contribution in [0.3, 0.4) is 0 Å². The monoisotopic (exact) mass is 381 g/mol. The Morgan fingerprint density at radius 1 is 1.36 bits per heavy atom. The van der Waals surface area contributed by atoms with Crippen LogP contribution in [0.25, 0.3) is 0 Å². The van der Waals surface area contributed by atoms with E-state index in [1.54, 1.807) is 0 Å². The van der Waals surface area contributed by atoms with Crippen molar-refractivity contribution in [2.75, 3.05) is 11.9 Å². The van der Waals surface area contributed by atoms with Gasteiger partial charge in [0.25, 0.3) is 5.91 Å². The number of hydrogen-bond acceptors (Lipinski definition) is 5. The summed E-state index contributed by atoms with van der Waals surface area (Å²) in [7, 11) is 0. The molecule has 0 spiro atoms. The third-order valence-corrected chi connectivity index (χ3v) is 5.31. The van der Waals surface area contributed by atoms with Crippen LogP contribution >= 0.6 is 23.7 Å². The lowest BCUT2D eigenvalue weighted by Gasteiger charge is -2.11. The number of thiazole rings is 1. The van der Waals surface area contributed by atoms with Crippen molar-refractivity contribution in [2.45, 2.75) is 45.3 Å². The Labute approximate surface area is 158 Å². The molecule has 2 heterocycles. The zero-order valence-electron chi connectivity index (χ0n) is 14.5. The number of carbonyl (C=O) groups excluding carboxylic acids is 1. The molecule has 7 heteroatoms. The van der Waals surface area contributed by atoms with Gasteiger partial charge in [0.05, 0.1) is 6.10 Å². The van der Waals surface area contributed by atoms with Crippen molar-refractivity contribution < 1.29 is 9.53 Å². The Hall–Kier alpha value is -1.47. The van der Waals surface area contributed by atoms with Gasteiger partial charge in [0, 0.05) is 24.0 Å². The van der Waals surface area contributed by atoms with Crippen LogP contribution in [0.5, 0.6) is 0 Å². The fourth-order valence-electron chi connectivity index (χ4n) is 2.82.